The molecule has 0 spiro atoms. The minimum absolute atomic E-state index is 0.339. The molecule has 17 heavy (non-hydrogen) atoms. The lowest BCUT2D eigenvalue weighted by molar-refractivity contribution is 0.0950. The number of hydrogen-bond donors (Lipinski definition) is 2. The van der Waals surface area contributed by atoms with E-state index in [-0.39, 0.29) is 5.91 Å². The summed E-state index contributed by atoms with van der Waals surface area (Å²) in [4.78, 5) is 22.2. The van der Waals surface area contributed by atoms with Gasteiger partial charge in [0.1, 0.15) is 0 Å². The first kappa shape index (κ1) is 11.0. The highest BCUT2D eigenvalue weighted by atomic mass is 16.2. The molecule has 0 aliphatic heterocycles. The zero-order valence-corrected chi connectivity index (χ0v) is 9.21. The van der Waals surface area contributed by atoms with Gasteiger partial charge in [0.15, 0.2) is 5.69 Å². The Hall–Kier alpha value is -2.50. The average molecular weight is 229 g/mol. The molecule has 2 rings (SSSR count). The zero-order valence-electron chi connectivity index (χ0n) is 9.21. The molecule has 1 amide bonds. The van der Waals surface area contributed by atoms with Gasteiger partial charge in [0.2, 0.25) is 0 Å². The van der Waals surface area contributed by atoms with E-state index in [2.05, 4.69) is 25.5 Å². The van der Waals surface area contributed by atoms with Crippen LogP contribution in [-0.2, 0) is 0 Å². The van der Waals surface area contributed by atoms with Gasteiger partial charge in [-0.1, -0.05) is 0 Å². The number of aromatic nitrogens is 3. The maximum atomic E-state index is 11.6. The van der Waals surface area contributed by atoms with Crippen molar-refractivity contribution in [2.45, 2.75) is 6.92 Å². The summed E-state index contributed by atoms with van der Waals surface area (Å²) in [7, 11) is 0. The van der Waals surface area contributed by atoms with Crippen molar-refractivity contribution in [2.24, 2.45) is 5.10 Å². The second kappa shape index (κ2) is 5.02. The Bertz CT molecular complexity index is 532. The molecule has 2 aromatic heterocycles. The molecule has 0 radical (unpaired) electrons. The Morgan fingerprint density at radius 1 is 1.47 bits per heavy atom. The molecule has 2 aromatic rings. The van der Waals surface area contributed by atoms with Crippen molar-refractivity contribution < 1.29 is 4.79 Å². The SMILES string of the molecule is Cc1[nH]cnc1C(=O)N/N=C/c1ccncc1. The first-order chi connectivity index (χ1) is 8.27. The molecule has 2 heterocycles. The lowest BCUT2D eigenvalue weighted by Crippen LogP contribution is -2.19. The van der Waals surface area contributed by atoms with E-state index in [0.29, 0.717) is 11.4 Å². The molecule has 0 unspecified atom stereocenters. The third-order valence-corrected chi connectivity index (χ3v) is 2.13. The summed E-state index contributed by atoms with van der Waals surface area (Å²) in [5.74, 6) is -0.339. The van der Waals surface area contributed by atoms with Gasteiger partial charge in [-0.05, 0) is 24.6 Å². The van der Waals surface area contributed by atoms with Crippen molar-refractivity contribution in [1.82, 2.24) is 20.4 Å². The summed E-state index contributed by atoms with van der Waals surface area (Å²) >= 11 is 0. The molecule has 2 N–H and O–H groups in total. The number of pyridine rings is 1. The summed E-state index contributed by atoms with van der Waals surface area (Å²) in [6.45, 7) is 1.77. The molecule has 0 aliphatic rings. The Balaban J connectivity index is 1.98. The highest BCUT2D eigenvalue weighted by Crippen LogP contribution is 1.99. The average Bonchev–Trinajstić information content (AvgIpc) is 2.77. The monoisotopic (exact) mass is 229 g/mol. The maximum Gasteiger partial charge on any atom is 0.291 e. The molecule has 0 saturated heterocycles. The van der Waals surface area contributed by atoms with Crippen LogP contribution in [0.15, 0.2) is 36.0 Å². The highest BCUT2D eigenvalue weighted by Gasteiger charge is 2.09. The number of nitrogens with zero attached hydrogens (tertiary/aromatic N) is 3. The number of hydrazone groups is 1. The molecule has 0 aliphatic carbocycles. The van der Waals surface area contributed by atoms with Crippen LogP contribution in [-0.4, -0.2) is 27.1 Å². The minimum atomic E-state index is -0.339. The largest absolute Gasteiger partial charge is 0.348 e. The van der Waals surface area contributed by atoms with E-state index in [0.717, 1.165) is 5.56 Å². The fourth-order valence-electron chi connectivity index (χ4n) is 1.26. The van der Waals surface area contributed by atoms with Crippen LogP contribution in [0.2, 0.25) is 0 Å². The zero-order chi connectivity index (χ0) is 12.1. The summed E-state index contributed by atoms with van der Waals surface area (Å²) in [5, 5.41) is 3.83. The third-order valence-electron chi connectivity index (χ3n) is 2.13. The molecule has 6 nitrogen and oxygen atoms in total. The molecule has 0 bridgehead atoms. The van der Waals surface area contributed by atoms with Gasteiger partial charge >= 0.3 is 0 Å². The van der Waals surface area contributed by atoms with Crippen LogP contribution in [0.1, 0.15) is 21.7 Å². The van der Waals surface area contributed by atoms with Crippen molar-refractivity contribution in [3.05, 3.63) is 47.8 Å². The summed E-state index contributed by atoms with van der Waals surface area (Å²) in [5.41, 5.74) is 4.32. The van der Waals surface area contributed by atoms with E-state index in [1.54, 1.807) is 37.7 Å². The highest BCUT2D eigenvalue weighted by molar-refractivity contribution is 5.94. The molecule has 0 fully saturated rings. The van der Waals surface area contributed by atoms with Gasteiger partial charge in [-0.2, -0.15) is 5.10 Å². The second-order valence-electron chi connectivity index (χ2n) is 3.36. The van der Waals surface area contributed by atoms with Gasteiger partial charge in [0.25, 0.3) is 5.91 Å². The number of nitrogens with one attached hydrogen (secondary N) is 2. The van der Waals surface area contributed by atoms with Gasteiger partial charge < -0.3 is 4.98 Å². The Labute approximate surface area is 97.8 Å². The molecule has 6 heteroatoms. The van der Waals surface area contributed by atoms with Crippen LogP contribution in [0.4, 0.5) is 0 Å². The van der Waals surface area contributed by atoms with E-state index >= 15 is 0 Å². The van der Waals surface area contributed by atoms with E-state index in [9.17, 15) is 4.79 Å². The molecule has 0 saturated carbocycles. The number of aromatic amines is 1. The predicted octanol–water partition coefficient (Wildman–Crippen LogP) is 0.877. The van der Waals surface area contributed by atoms with Crippen molar-refractivity contribution in [1.29, 1.82) is 0 Å². The molecule has 0 aromatic carbocycles. The van der Waals surface area contributed by atoms with Crippen LogP contribution < -0.4 is 5.43 Å². The number of amides is 1. The Morgan fingerprint density at radius 2 is 2.24 bits per heavy atom. The van der Waals surface area contributed by atoms with E-state index < -0.39 is 0 Å². The first-order valence-corrected chi connectivity index (χ1v) is 5.01. The molecule has 86 valence electrons. The number of carbonyl (C=O) groups excluding carboxylic acids is 1. The fraction of sp³-hybridized carbons (Fsp3) is 0.0909. The van der Waals surface area contributed by atoms with Crippen LogP contribution >= 0.6 is 0 Å². The quantitative estimate of drug-likeness (QED) is 0.605. The van der Waals surface area contributed by atoms with Gasteiger partial charge in [0, 0.05) is 18.1 Å². The van der Waals surface area contributed by atoms with Crippen LogP contribution in [0.3, 0.4) is 0 Å². The van der Waals surface area contributed by atoms with Gasteiger partial charge in [-0.15, -0.1) is 0 Å². The number of rotatable bonds is 3. The number of aryl methyl sites for hydroxylation is 1. The maximum absolute atomic E-state index is 11.6. The molecular formula is C11H11N5O. The van der Waals surface area contributed by atoms with E-state index in [1.807, 2.05) is 0 Å². The minimum Gasteiger partial charge on any atom is -0.348 e. The van der Waals surface area contributed by atoms with E-state index in [1.165, 1.54) is 6.33 Å². The lowest BCUT2D eigenvalue weighted by Gasteiger charge is -1.96. The van der Waals surface area contributed by atoms with Crippen molar-refractivity contribution >= 4 is 12.1 Å². The Morgan fingerprint density at radius 3 is 2.88 bits per heavy atom. The topological polar surface area (TPSA) is 83.0 Å². The smallest absolute Gasteiger partial charge is 0.291 e. The lowest BCUT2D eigenvalue weighted by atomic mass is 10.3. The summed E-state index contributed by atoms with van der Waals surface area (Å²) < 4.78 is 0. The van der Waals surface area contributed by atoms with Crippen molar-refractivity contribution in [3.8, 4) is 0 Å². The summed E-state index contributed by atoms with van der Waals surface area (Å²) in [6.07, 6.45) is 6.32. The van der Waals surface area contributed by atoms with Crippen LogP contribution in [0.25, 0.3) is 0 Å². The first-order valence-electron chi connectivity index (χ1n) is 5.01. The standard InChI is InChI=1S/C11H11N5O/c1-8-10(14-7-13-8)11(17)16-15-6-9-2-4-12-5-3-9/h2-7H,1H3,(H,13,14)(H,16,17)/b15-6+. The number of hydrogen-bond acceptors (Lipinski definition) is 4. The fourth-order valence-corrected chi connectivity index (χ4v) is 1.26. The third kappa shape index (κ3) is 2.75. The van der Waals surface area contributed by atoms with Crippen molar-refractivity contribution in [2.75, 3.05) is 0 Å². The normalized spacial score (nSPS) is 10.6. The van der Waals surface area contributed by atoms with Gasteiger partial charge in [0.05, 0.1) is 12.5 Å². The Kier molecular flexibility index (Phi) is 3.25. The number of imidazole rings is 1. The molecular weight excluding hydrogens is 218 g/mol. The predicted molar refractivity (Wildman–Crippen MR) is 62.6 cm³/mol. The molecule has 0 atom stereocenters. The van der Waals surface area contributed by atoms with Crippen LogP contribution in [0, 0.1) is 6.92 Å². The summed E-state index contributed by atoms with van der Waals surface area (Å²) in [6, 6.07) is 3.57. The van der Waals surface area contributed by atoms with E-state index in [4.69, 9.17) is 0 Å². The number of carbonyl (C=O) groups is 1. The number of H-pyrrole nitrogens is 1. The van der Waals surface area contributed by atoms with Gasteiger partial charge in [-0.25, -0.2) is 10.4 Å². The van der Waals surface area contributed by atoms with Crippen molar-refractivity contribution in [3.63, 3.8) is 0 Å². The second-order valence-corrected chi connectivity index (χ2v) is 3.36. The van der Waals surface area contributed by atoms with Gasteiger partial charge in [-0.3, -0.25) is 9.78 Å². The van der Waals surface area contributed by atoms with Crippen LogP contribution in [0.5, 0.6) is 0 Å².